The van der Waals surface area contributed by atoms with Crippen molar-refractivity contribution < 1.29 is 0 Å². The van der Waals surface area contributed by atoms with Crippen LogP contribution in [0.5, 0.6) is 0 Å². The van der Waals surface area contributed by atoms with Gasteiger partial charge in [-0.1, -0.05) is 11.6 Å². The van der Waals surface area contributed by atoms with E-state index in [-0.39, 0.29) is 0 Å². The summed E-state index contributed by atoms with van der Waals surface area (Å²) in [6, 6.07) is 0. The molecule has 1 aliphatic rings. The summed E-state index contributed by atoms with van der Waals surface area (Å²) in [5.41, 5.74) is 9.67. The molecule has 0 saturated heterocycles. The van der Waals surface area contributed by atoms with Crippen LogP contribution in [0.2, 0.25) is 5.15 Å². The predicted molar refractivity (Wildman–Crippen MR) is 55.0 cm³/mol. The van der Waals surface area contributed by atoms with Crippen LogP contribution in [0.4, 0.5) is 0 Å². The monoisotopic (exact) mass is 198 g/mol. The molecule has 2 N–H and O–H groups in total. The second kappa shape index (κ2) is 3.35. The molecule has 3 heteroatoms. The number of hydrogen-bond donors (Lipinski definition) is 1. The van der Waals surface area contributed by atoms with Crippen molar-refractivity contribution >= 4 is 11.6 Å². The van der Waals surface area contributed by atoms with Gasteiger partial charge in [-0.2, -0.15) is 0 Å². The molecule has 0 saturated carbocycles. The van der Waals surface area contributed by atoms with Crippen LogP contribution >= 0.6 is 11.6 Å². The lowest BCUT2D eigenvalue weighted by atomic mass is 9.95. The van der Waals surface area contributed by atoms with Gasteiger partial charge in [-0.15, -0.1) is 0 Å². The first kappa shape index (κ1) is 9.10. The van der Waals surface area contributed by atoms with Gasteiger partial charge >= 0.3 is 0 Å². The molecule has 0 bridgehead atoms. The van der Waals surface area contributed by atoms with E-state index < -0.39 is 0 Å². The Hall–Kier alpha value is -0.470. The fourth-order valence-corrected chi connectivity index (χ4v) is 2.53. The smallest absolute Gasteiger partial charge is 0.113 e. The van der Waals surface area contributed by atoms with Crippen LogP contribution in [-0.2, 0) is 26.4 Å². The first-order valence-corrected chi connectivity index (χ1v) is 5.18. The molecular weight excluding hydrogens is 184 g/mol. The highest BCUT2D eigenvalue weighted by Crippen LogP contribution is 2.31. The average Bonchev–Trinajstić information content (AvgIpc) is 2.41. The van der Waals surface area contributed by atoms with E-state index >= 15 is 0 Å². The normalized spacial score (nSPS) is 15.9. The maximum Gasteiger partial charge on any atom is 0.113 e. The minimum atomic E-state index is 0.571. The van der Waals surface area contributed by atoms with Crippen molar-refractivity contribution in [1.29, 1.82) is 0 Å². The number of halogens is 1. The standard InChI is InChI=1S/C10H15ClN2/c1-13-9-5-3-2-4-7(9)8(6-12)10(13)11/h2-6,12H2,1H3. The lowest BCUT2D eigenvalue weighted by Crippen LogP contribution is -2.06. The van der Waals surface area contributed by atoms with E-state index in [0.717, 1.165) is 18.0 Å². The fraction of sp³-hybridized carbons (Fsp3) is 0.600. The van der Waals surface area contributed by atoms with Crippen molar-refractivity contribution in [2.75, 3.05) is 0 Å². The highest BCUT2D eigenvalue weighted by atomic mass is 35.5. The van der Waals surface area contributed by atoms with Crippen LogP contribution in [0.1, 0.15) is 29.7 Å². The number of hydrogen-bond acceptors (Lipinski definition) is 1. The van der Waals surface area contributed by atoms with Crippen LogP contribution < -0.4 is 5.73 Å². The molecule has 1 heterocycles. The number of rotatable bonds is 1. The van der Waals surface area contributed by atoms with Crippen molar-refractivity contribution in [2.24, 2.45) is 12.8 Å². The molecule has 0 amide bonds. The third-order valence-corrected chi connectivity index (χ3v) is 3.44. The zero-order chi connectivity index (χ0) is 9.42. The summed E-state index contributed by atoms with van der Waals surface area (Å²) < 4.78 is 2.10. The van der Waals surface area contributed by atoms with E-state index in [4.69, 9.17) is 17.3 Å². The van der Waals surface area contributed by atoms with Crippen LogP contribution in [-0.4, -0.2) is 4.57 Å². The van der Waals surface area contributed by atoms with Crippen molar-refractivity contribution in [3.63, 3.8) is 0 Å². The highest BCUT2D eigenvalue weighted by Gasteiger charge is 2.20. The summed E-state index contributed by atoms with van der Waals surface area (Å²) in [5.74, 6) is 0. The van der Waals surface area contributed by atoms with Crippen molar-refractivity contribution in [2.45, 2.75) is 32.2 Å². The Bertz CT molecular complexity index is 309. The molecule has 2 nitrogen and oxygen atoms in total. The van der Waals surface area contributed by atoms with Gasteiger partial charge in [0.15, 0.2) is 0 Å². The van der Waals surface area contributed by atoms with Crippen LogP contribution in [0.25, 0.3) is 0 Å². The Balaban J connectivity index is 2.57. The van der Waals surface area contributed by atoms with Gasteiger partial charge < -0.3 is 10.3 Å². The van der Waals surface area contributed by atoms with Gasteiger partial charge in [0, 0.05) is 24.8 Å². The molecule has 0 fully saturated rings. The molecule has 2 rings (SSSR count). The third-order valence-electron chi connectivity index (χ3n) is 2.96. The zero-order valence-corrected chi connectivity index (χ0v) is 8.69. The molecule has 0 spiro atoms. The Kier molecular flexibility index (Phi) is 2.35. The molecule has 0 atom stereocenters. The molecule has 0 radical (unpaired) electrons. The molecule has 1 aromatic rings. The predicted octanol–water partition coefficient (Wildman–Crippen LogP) is 2.02. The second-order valence-electron chi connectivity index (χ2n) is 3.66. The Morgan fingerprint density at radius 1 is 1.38 bits per heavy atom. The highest BCUT2D eigenvalue weighted by molar-refractivity contribution is 6.30. The summed E-state index contributed by atoms with van der Waals surface area (Å²) in [5, 5.41) is 0.842. The van der Waals surface area contributed by atoms with Gasteiger partial charge in [-0.3, -0.25) is 0 Å². The van der Waals surface area contributed by atoms with Crippen LogP contribution in [0.15, 0.2) is 0 Å². The molecule has 13 heavy (non-hydrogen) atoms. The maximum atomic E-state index is 6.19. The summed E-state index contributed by atoms with van der Waals surface area (Å²) in [6.07, 6.45) is 4.87. The average molecular weight is 199 g/mol. The summed E-state index contributed by atoms with van der Waals surface area (Å²) in [6.45, 7) is 0.571. The van der Waals surface area contributed by atoms with Gasteiger partial charge in [0.1, 0.15) is 5.15 Å². The van der Waals surface area contributed by atoms with E-state index in [1.54, 1.807) is 0 Å². The van der Waals surface area contributed by atoms with Crippen LogP contribution in [0, 0.1) is 0 Å². The first-order chi connectivity index (χ1) is 6.25. The Labute approximate surface area is 83.7 Å². The Morgan fingerprint density at radius 3 is 2.77 bits per heavy atom. The van der Waals surface area contributed by atoms with E-state index in [1.807, 2.05) is 7.05 Å². The van der Waals surface area contributed by atoms with Crippen molar-refractivity contribution in [3.05, 3.63) is 22.0 Å². The quantitative estimate of drug-likeness (QED) is 0.736. The lowest BCUT2D eigenvalue weighted by molar-refractivity contribution is 0.647. The number of aromatic nitrogens is 1. The Morgan fingerprint density at radius 2 is 2.08 bits per heavy atom. The van der Waals surface area contributed by atoms with Gasteiger partial charge in [-0.05, 0) is 31.2 Å². The molecule has 1 aliphatic carbocycles. The molecule has 0 unspecified atom stereocenters. The summed E-state index contributed by atoms with van der Waals surface area (Å²) in [7, 11) is 2.03. The maximum absolute atomic E-state index is 6.19. The summed E-state index contributed by atoms with van der Waals surface area (Å²) in [4.78, 5) is 0. The van der Waals surface area contributed by atoms with E-state index in [9.17, 15) is 0 Å². The minimum absolute atomic E-state index is 0.571. The number of nitrogens with two attached hydrogens (primary N) is 1. The van der Waals surface area contributed by atoms with Gasteiger partial charge in [-0.25, -0.2) is 0 Å². The molecule has 72 valence electrons. The SMILES string of the molecule is Cn1c(Cl)c(CN)c2c1CCCC2. The molecule has 1 aromatic heterocycles. The van der Waals surface area contributed by atoms with Crippen LogP contribution in [0.3, 0.4) is 0 Å². The van der Waals surface area contributed by atoms with E-state index in [1.165, 1.54) is 29.7 Å². The zero-order valence-electron chi connectivity index (χ0n) is 7.94. The van der Waals surface area contributed by atoms with Crippen molar-refractivity contribution in [3.8, 4) is 0 Å². The first-order valence-electron chi connectivity index (χ1n) is 4.80. The topological polar surface area (TPSA) is 30.9 Å². The van der Waals surface area contributed by atoms with E-state index in [2.05, 4.69) is 4.57 Å². The molecule has 0 aliphatic heterocycles. The largest absolute Gasteiger partial charge is 0.338 e. The van der Waals surface area contributed by atoms with E-state index in [0.29, 0.717) is 6.54 Å². The number of nitrogens with zero attached hydrogens (tertiary/aromatic N) is 1. The van der Waals surface area contributed by atoms with Gasteiger partial charge in [0.25, 0.3) is 0 Å². The molecular formula is C10H15ClN2. The number of fused-ring (bicyclic) bond motifs is 1. The van der Waals surface area contributed by atoms with Gasteiger partial charge in [0.2, 0.25) is 0 Å². The van der Waals surface area contributed by atoms with Crippen molar-refractivity contribution in [1.82, 2.24) is 4.57 Å². The summed E-state index contributed by atoms with van der Waals surface area (Å²) >= 11 is 6.19. The fourth-order valence-electron chi connectivity index (χ4n) is 2.24. The minimum Gasteiger partial charge on any atom is -0.338 e. The molecule has 0 aromatic carbocycles. The van der Waals surface area contributed by atoms with Gasteiger partial charge in [0.05, 0.1) is 0 Å². The lowest BCUT2D eigenvalue weighted by Gasteiger charge is -2.13. The third kappa shape index (κ3) is 1.29. The second-order valence-corrected chi connectivity index (χ2v) is 4.02.